The van der Waals surface area contributed by atoms with Crippen LogP contribution in [0.25, 0.3) is 0 Å². The van der Waals surface area contributed by atoms with Gasteiger partial charge in [0.25, 0.3) is 0 Å². The van der Waals surface area contributed by atoms with Crippen molar-refractivity contribution >= 4 is 11.6 Å². The Labute approximate surface area is 113 Å². The summed E-state index contributed by atoms with van der Waals surface area (Å²) in [5.41, 5.74) is 9.07. The number of fused-ring (bicyclic) bond motifs is 1. The van der Waals surface area contributed by atoms with Crippen LogP contribution in [0.5, 0.6) is 0 Å². The van der Waals surface area contributed by atoms with Gasteiger partial charge in [0.05, 0.1) is 6.61 Å². The average Bonchev–Trinajstić information content (AvgIpc) is 2.42. The summed E-state index contributed by atoms with van der Waals surface area (Å²) in [5.74, 6) is 0.0813. The molecule has 1 aliphatic rings. The molecular formula is C14H21N3O2. The normalized spacial score (nSPS) is 16.4. The first-order chi connectivity index (χ1) is 9.15. The maximum atomic E-state index is 12.0. The van der Waals surface area contributed by atoms with Crippen LogP contribution in [-0.4, -0.2) is 37.3 Å². The van der Waals surface area contributed by atoms with Crippen LogP contribution in [0.4, 0.5) is 5.69 Å². The van der Waals surface area contributed by atoms with Crippen molar-refractivity contribution in [3.8, 4) is 0 Å². The molecule has 5 nitrogen and oxygen atoms in total. The Kier molecular flexibility index (Phi) is 4.52. The van der Waals surface area contributed by atoms with E-state index in [1.54, 1.807) is 4.90 Å². The lowest BCUT2D eigenvalue weighted by Crippen LogP contribution is -2.45. The number of amides is 1. The Bertz CT molecular complexity index is 462. The molecule has 0 aliphatic carbocycles. The third-order valence-electron chi connectivity index (χ3n) is 3.38. The average molecular weight is 263 g/mol. The van der Waals surface area contributed by atoms with Crippen molar-refractivity contribution in [1.29, 1.82) is 0 Å². The Morgan fingerprint density at radius 1 is 1.47 bits per heavy atom. The molecule has 1 unspecified atom stereocenters. The molecule has 1 aliphatic heterocycles. The van der Waals surface area contributed by atoms with Gasteiger partial charge in [-0.15, -0.1) is 0 Å². The van der Waals surface area contributed by atoms with Crippen molar-refractivity contribution in [3.05, 3.63) is 29.3 Å². The van der Waals surface area contributed by atoms with Crippen LogP contribution in [0.2, 0.25) is 0 Å². The number of hydrogen-bond donors (Lipinski definition) is 3. The number of nitrogens with zero attached hydrogens (tertiary/aromatic N) is 1. The Morgan fingerprint density at radius 2 is 2.26 bits per heavy atom. The molecule has 0 fully saturated rings. The maximum Gasteiger partial charge on any atom is 0.227 e. The summed E-state index contributed by atoms with van der Waals surface area (Å²) in [4.78, 5) is 13.7. The molecule has 0 radical (unpaired) electrons. The quantitative estimate of drug-likeness (QED) is 0.699. The molecule has 0 saturated heterocycles. The summed E-state index contributed by atoms with van der Waals surface area (Å²) >= 11 is 0. The molecule has 0 spiro atoms. The van der Waals surface area contributed by atoms with E-state index in [2.05, 4.69) is 11.4 Å². The fourth-order valence-electron chi connectivity index (χ4n) is 2.42. The number of aliphatic hydroxyl groups excluding tert-OH is 1. The number of aryl methyl sites for hydroxylation is 1. The topological polar surface area (TPSA) is 78.6 Å². The lowest BCUT2D eigenvalue weighted by atomic mass is 9.98. The van der Waals surface area contributed by atoms with E-state index in [1.807, 2.05) is 19.2 Å². The second-order valence-electron chi connectivity index (χ2n) is 4.94. The lowest BCUT2D eigenvalue weighted by Gasteiger charge is -2.31. The van der Waals surface area contributed by atoms with Crippen molar-refractivity contribution in [2.45, 2.75) is 25.4 Å². The third kappa shape index (κ3) is 3.12. The molecule has 0 aromatic heterocycles. The van der Waals surface area contributed by atoms with Gasteiger partial charge in [-0.25, -0.2) is 0 Å². The Hall–Kier alpha value is -1.43. The summed E-state index contributed by atoms with van der Waals surface area (Å²) in [7, 11) is 1.91. The van der Waals surface area contributed by atoms with Gasteiger partial charge in [0.2, 0.25) is 5.91 Å². The van der Waals surface area contributed by atoms with Gasteiger partial charge in [-0.3, -0.25) is 4.79 Å². The van der Waals surface area contributed by atoms with Gasteiger partial charge in [-0.05, 0) is 30.7 Å². The van der Waals surface area contributed by atoms with Crippen LogP contribution in [0.15, 0.2) is 18.2 Å². The van der Waals surface area contributed by atoms with E-state index in [0.29, 0.717) is 13.0 Å². The molecule has 1 aromatic carbocycles. The second kappa shape index (κ2) is 6.14. The van der Waals surface area contributed by atoms with Crippen molar-refractivity contribution in [2.75, 3.05) is 25.1 Å². The van der Waals surface area contributed by atoms with E-state index in [-0.39, 0.29) is 12.5 Å². The maximum absolute atomic E-state index is 12.0. The van der Waals surface area contributed by atoms with Crippen LogP contribution < -0.4 is 16.0 Å². The second-order valence-corrected chi connectivity index (χ2v) is 4.94. The van der Waals surface area contributed by atoms with Crippen molar-refractivity contribution < 1.29 is 9.90 Å². The van der Waals surface area contributed by atoms with Gasteiger partial charge in [0.1, 0.15) is 0 Å². The molecule has 1 aromatic rings. The fourth-order valence-corrected chi connectivity index (χ4v) is 2.42. The molecule has 5 heteroatoms. The predicted molar refractivity (Wildman–Crippen MR) is 74.9 cm³/mol. The first-order valence-electron chi connectivity index (χ1n) is 6.59. The summed E-state index contributed by atoms with van der Waals surface area (Å²) in [6, 6.07) is 5.73. The highest BCUT2D eigenvalue weighted by Crippen LogP contribution is 2.28. The monoisotopic (exact) mass is 263 g/mol. The van der Waals surface area contributed by atoms with Crippen LogP contribution in [0.3, 0.4) is 0 Å². The first kappa shape index (κ1) is 14.0. The van der Waals surface area contributed by atoms with Crippen LogP contribution in [0.1, 0.15) is 17.5 Å². The molecule has 104 valence electrons. The van der Waals surface area contributed by atoms with E-state index in [9.17, 15) is 4.79 Å². The number of hydrogen-bond acceptors (Lipinski definition) is 4. The number of carbonyl (C=O) groups excluding carboxylic acids is 1. The smallest absolute Gasteiger partial charge is 0.227 e. The van der Waals surface area contributed by atoms with E-state index in [4.69, 9.17) is 10.8 Å². The van der Waals surface area contributed by atoms with Gasteiger partial charge < -0.3 is 21.1 Å². The van der Waals surface area contributed by atoms with Gasteiger partial charge in [-0.1, -0.05) is 12.1 Å². The molecule has 0 bridgehead atoms. The molecule has 4 N–H and O–H groups in total. The Balaban J connectivity index is 2.26. The van der Waals surface area contributed by atoms with Gasteiger partial charge in [0, 0.05) is 31.2 Å². The zero-order valence-corrected chi connectivity index (χ0v) is 11.2. The molecule has 2 rings (SSSR count). The van der Waals surface area contributed by atoms with Crippen LogP contribution in [0, 0.1) is 0 Å². The summed E-state index contributed by atoms with van der Waals surface area (Å²) < 4.78 is 0. The molecule has 19 heavy (non-hydrogen) atoms. The molecule has 1 amide bonds. The SMILES string of the molecule is CNCc1ccc2c(c1)CCC(=O)N2CC(N)CO. The number of carbonyl (C=O) groups is 1. The first-order valence-corrected chi connectivity index (χ1v) is 6.59. The van der Waals surface area contributed by atoms with Crippen LogP contribution in [-0.2, 0) is 17.8 Å². The van der Waals surface area contributed by atoms with E-state index < -0.39 is 6.04 Å². The van der Waals surface area contributed by atoms with Crippen molar-refractivity contribution in [2.24, 2.45) is 5.73 Å². The van der Waals surface area contributed by atoms with Gasteiger partial charge in [-0.2, -0.15) is 0 Å². The summed E-state index contributed by atoms with van der Waals surface area (Å²) in [6.45, 7) is 1.07. The number of nitrogens with two attached hydrogens (primary N) is 1. The zero-order valence-electron chi connectivity index (χ0n) is 11.2. The molecular weight excluding hydrogens is 242 g/mol. The zero-order chi connectivity index (χ0) is 13.8. The molecule has 0 saturated carbocycles. The summed E-state index contributed by atoms with van der Waals surface area (Å²) in [5, 5.41) is 12.2. The Morgan fingerprint density at radius 3 is 2.95 bits per heavy atom. The number of benzene rings is 1. The van der Waals surface area contributed by atoms with Gasteiger partial charge >= 0.3 is 0 Å². The van der Waals surface area contributed by atoms with Crippen molar-refractivity contribution in [1.82, 2.24) is 5.32 Å². The number of aliphatic hydroxyl groups is 1. The molecule has 1 heterocycles. The van der Waals surface area contributed by atoms with E-state index >= 15 is 0 Å². The van der Waals surface area contributed by atoms with E-state index in [1.165, 1.54) is 11.1 Å². The highest BCUT2D eigenvalue weighted by molar-refractivity contribution is 5.96. The minimum Gasteiger partial charge on any atom is -0.395 e. The predicted octanol–water partition coefficient (Wildman–Crippen LogP) is 0.00480. The number of nitrogens with one attached hydrogen (secondary N) is 1. The fraction of sp³-hybridized carbons (Fsp3) is 0.500. The largest absolute Gasteiger partial charge is 0.395 e. The van der Waals surface area contributed by atoms with Crippen molar-refractivity contribution in [3.63, 3.8) is 0 Å². The lowest BCUT2D eigenvalue weighted by molar-refractivity contribution is -0.119. The summed E-state index contributed by atoms with van der Waals surface area (Å²) in [6.07, 6.45) is 1.28. The number of rotatable bonds is 5. The standard InChI is InChI=1S/C14H21N3O2/c1-16-7-10-2-4-13-11(6-10)3-5-14(19)17(13)8-12(15)9-18/h2,4,6,12,16,18H,3,5,7-9,15H2,1H3. The number of anilines is 1. The van der Waals surface area contributed by atoms with E-state index in [0.717, 1.165) is 18.7 Å². The third-order valence-corrected chi connectivity index (χ3v) is 3.38. The van der Waals surface area contributed by atoms with Gasteiger partial charge in [0.15, 0.2) is 0 Å². The molecule has 1 atom stereocenters. The highest BCUT2D eigenvalue weighted by atomic mass is 16.3. The minimum absolute atomic E-state index is 0.0813. The minimum atomic E-state index is -0.396. The highest BCUT2D eigenvalue weighted by Gasteiger charge is 2.25. The van der Waals surface area contributed by atoms with Crippen LogP contribution >= 0.6 is 0 Å².